The zero-order valence-electron chi connectivity index (χ0n) is 11.2. The Balaban J connectivity index is 2.11. The number of carbonyl (C=O) groups is 1. The molecule has 1 fully saturated rings. The van der Waals surface area contributed by atoms with Crippen LogP contribution in [-0.2, 0) is 0 Å². The van der Waals surface area contributed by atoms with E-state index in [4.69, 9.17) is 16.7 Å². The number of nitrogens with one attached hydrogen (secondary N) is 1. The van der Waals surface area contributed by atoms with E-state index >= 15 is 0 Å². The highest BCUT2D eigenvalue weighted by Crippen LogP contribution is 2.36. The van der Waals surface area contributed by atoms with Gasteiger partial charge in [0.05, 0.1) is 0 Å². The fourth-order valence-electron chi connectivity index (χ4n) is 2.45. The molecule has 4 nitrogen and oxygen atoms in total. The lowest BCUT2D eigenvalue weighted by Gasteiger charge is -2.35. The number of nitrogens with zero attached hydrogens (tertiary/aromatic N) is 1. The summed E-state index contributed by atoms with van der Waals surface area (Å²) in [6.07, 6.45) is 4.32. The van der Waals surface area contributed by atoms with Gasteiger partial charge in [0.1, 0.15) is 16.5 Å². The maximum Gasteiger partial charge on any atom is 0.339 e. The van der Waals surface area contributed by atoms with Crippen LogP contribution >= 0.6 is 11.6 Å². The maximum atomic E-state index is 11.2. The molecular weight excluding hydrogens is 264 g/mol. The molecule has 1 heterocycles. The van der Waals surface area contributed by atoms with Crippen molar-refractivity contribution in [2.24, 2.45) is 5.41 Å². The van der Waals surface area contributed by atoms with Gasteiger partial charge in [0.25, 0.3) is 0 Å². The average molecular weight is 283 g/mol. The molecule has 1 aromatic heterocycles. The maximum absolute atomic E-state index is 11.2. The van der Waals surface area contributed by atoms with Crippen molar-refractivity contribution in [3.63, 3.8) is 0 Å². The summed E-state index contributed by atoms with van der Waals surface area (Å²) in [5.74, 6) is -0.604. The van der Waals surface area contributed by atoms with E-state index in [0.717, 1.165) is 25.7 Å². The van der Waals surface area contributed by atoms with Crippen LogP contribution in [0, 0.1) is 5.41 Å². The van der Waals surface area contributed by atoms with Gasteiger partial charge in [0.2, 0.25) is 0 Å². The van der Waals surface area contributed by atoms with E-state index in [9.17, 15) is 4.79 Å². The van der Waals surface area contributed by atoms with Gasteiger partial charge in [0, 0.05) is 6.04 Å². The second-order valence-corrected chi connectivity index (χ2v) is 6.31. The second-order valence-electron chi connectivity index (χ2n) is 5.92. The van der Waals surface area contributed by atoms with Gasteiger partial charge in [-0.3, -0.25) is 0 Å². The van der Waals surface area contributed by atoms with E-state index in [0.29, 0.717) is 16.4 Å². The molecule has 0 atom stereocenters. The van der Waals surface area contributed by atoms with Crippen molar-refractivity contribution in [3.8, 4) is 0 Å². The quantitative estimate of drug-likeness (QED) is 0.828. The van der Waals surface area contributed by atoms with Crippen LogP contribution in [-0.4, -0.2) is 22.1 Å². The average Bonchev–Trinajstić information content (AvgIpc) is 2.31. The predicted octanol–water partition coefficient (Wildman–Crippen LogP) is 3.81. The van der Waals surface area contributed by atoms with Gasteiger partial charge in [0.15, 0.2) is 0 Å². The minimum absolute atomic E-state index is 0.175. The summed E-state index contributed by atoms with van der Waals surface area (Å²) >= 11 is 5.84. The third-order valence-corrected chi connectivity index (χ3v) is 3.98. The van der Waals surface area contributed by atoms with Crippen LogP contribution in [0.25, 0.3) is 0 Å². The minimum atomic E-state index is -0.984. The van der Waals surface area contributed by atoms with Crippen LogP contribution in [0.5, 0.6) is 0 Å². The smallest absolute Gasteiger partial charge is 0.339 e. The van der Waals surface area contributed by atoms with E-state index < -0.39 is 5.97 Å². The fraction of sp³-hybridized carbons (Fsp3) is 0.571. The van der Waals surface area contributed by atoms with E-state index in [-0.39, 0.29) is 11.6 Å². The van der Waals surface area contributed by atoms with Crippen molar-refractivity contribution in [1.82, 2.24) is 4.98 Å². The Morgan fingerprint density at radius 1 is 1.42 bits per heavy atom. The number of carboxylic acids is 1. The van der Waals surface area contributed by atoms with Crippen LogP contribution in [0.1, 0.15) is 49.9 Å². The normalized spacial score (nSPS) is 19.1. The molecule has 0 unspecified atom stereocenters. The Bertz CT molecular complexity index is 478. The summed E-state index contributed by atoms with van der Waals surface area (Å²) in [5, 5.41) is 12.7. The van der Waals surface area contributed by atoms with Crippen molar-refractivity contribution < 1.29 is 9.90 Å². The number of aromatic carboxylic acids is 1. The first-order valence-electron chi connectivity index (χ1n) is 6.54. The molecule has 0 radical (unpaired) electrons. The summed E-state index contributed by atoms with van der Waals surface area (Å²) in [7, 11) is 0. The summed E-state index contributed by atoms with van der Waals surface area (Å²) in [6, 6.07) is 3.27. The molecule has 1 aliphatic carbocycles. The fourth-order valence-corrected chi connectivity index (χ4v) is 2.60. The van der Waals surface area contributed by atoms with Crippen molar-refractivity contribution in [2.45, 2.75) is 45.6 Å². The number of aromatic nitrogens is 1. The standard InChI is InChI=1S/C14H19ClN2O2/c1-14(2)7-5-9(6-8-14)16-12-10(13(18)19)3-4-11(15)17-12/h3-4,9H,5-8H2,1-2H3,(H,16,17)(H,18,19). The summed E-state index contributed by atoms with van der Waals surface area (Å²) in [4.78, 5) is 15.3. The molecule has 0 amide bonds. The van der Waals surface area contributed by atoms with Crippen LogP contribution in [0.15, 0.2) is 12.1 Å². The molecule has 5 heteroatoms. The molecule has 0 saturated heterocycles. The first-order valence-corrected chi connectivity index (χ1v) is 6.91. The predicted molar refractivity (Wildman–Crippen MR) is 75.9 cm³/mol. The number of anilines is 1. The zero-order valence-corrected chi connectivity index (χ0v) is 12.0. The third-order valence-electron chi connectivity index (χ3n) is 3.77. The number of pyridine rings is 1. The Hall–Kier alpha value is -1.29. The van der Waals surface area contributed by atoms with Crippen LogP contribution < -0.4 is 5.32 Å². The van der Waals surface area contributed by atoms with E-state index in [1.807, 2.05) is 0 Å². The lowest BCUT2D eigenvalue weighted by Crippen LogP contribution is -2.30. The molecule has 2 rings (SSSR count). The zero-order chi connectivity index (χ0) is 14.0. The molecule has 1 saturated carbocycles. The van der Waals surface area contributed by atoms with Gasteiger partial charge in [-0.25, -0.2) is 9.78 Å². The van der Waals surface area contributed by atoms with Crippen LogP contribution in [0.2, 0.25) is 5.15 Å². The number of hydrogen-bond acceptors (Lipinski definition) is 3. The molecule has 0 spiro atoms. The Morgan fingerprint density at radius 2 is 2.05 bits per heavy atom. The number of hydrogen-bond donors (Lipinski definition) is 2. The molecule has 2 N–H and O–H groups in total. The number of halogens is 1. The Labute approximate surface area is 118 Å². The Kier molecular flexibility index (Phi) is 3.99. The monoisotopic (exact) mass is 282 g/mol. The first-order chi connectivity index (χ1) is 8.87. The van der Waals surface area contributed by atoms with Crippen molar-refractivity contribution in [2.75, 3.05) is 5.32 Å². The van der Waals surface area contributed by atoms with Crippen molar-refractivity contribution in [3.05, 3.63) is 22.8 Å². The van der Waals surface area contributed by atoms with E-state index in [1.165, 1.54) is 12.1 Å². The summed E-state index contributed by atoms with van der Waals surface area (Å²) in [5.41, 5.74) is 0.560. The van der Waals surface area contributed by atoms with Crippen molar-refractivity contribution in [1.29, 1.82) is 0 Å². The highest BCUT2D eigenvalue weighted by atomic mass is 35.5. The summed E-state index contributed by atoms with van der Waals surface area (Å²) < 4.78 is 0. The van der Waals surface area contributed by atoms with Gasteiger partial charge in [-0.05, 0) is 43.2 Å². The van der Waals surface area contributed by atoms with E-state index in [1.54, 1.807) is 0 Å². The van der Waals surface area contributed by atoms with Crippen LogP contribution in [0.3, 0.4) is 0 Å². The van der Waals surface area contributed by atoms with Gasteiger partial charge >= 0.3 is 5.97 Å². The number of rotatable bonds is 3. The molecular formula is C14H19ClN2O2. The third kappa shape index (κ3) is 3.60. The highest BCUT2D eigenvalue weighted by molar-refractivity contribution is 6.29. The van der Waals surface area contributed by atoms with Gasteiger partial charge in [-0.2, -0.15) is 0 Å². The first kappa shape index (κ1) is 14.1. The molecule has 0 aromatic carbocycles. The van der Waals surface area contributed by atoms with Gasteiger partial charge in [-0.1, -0.05) is 25.4 Å². The molecule has 104 valence electrons. The minimum Gasteiger partial charge on any atom is -0.478 e. The summed E-state index contributed by atoms with van der Waals surface area (Å²) in [6.45, 7) is 4.53. The molecule has 19 heavy (non-hydrogen) atoms. The SMILES string of the molecule is CC1(C)CCC(Nc2nc(Cl)ccc2C(=O)O)CC1. The highest BCUT2D eigenvalue weighted by Gasteiger charge is 2.27. The topological polar surface area (TPSA) is 62.2 Å². The second kappa shape index (κ2) is 5.37. The van der Waals surface area contributed by atoms with Gasteiger partial charge in [-0.15, -0.1) is 0 Å². The lowest BCUT2D eigenvalue weighted by molar-refractivity contribution is 0.0697. The van der Waals surface area contributed by atoms with E-state index in [2.05, 4.69) is 24.1 Å². The number of carboxylic acid groups (broad SMARTS) is 1. The van der Waals surface area contributed by atoms with Gasteiger partial charge < -0.3 is 10.4 Å². The lowest BCUT2D eigenvalue weighted by atomic mass is 9.75. The molecule has 1 aromatic rings. The molecule has 0 aliphatic heterocycles. The largest absolute Gasteiger partial charge is 0.478 e. The molecule has 0 bridgehead atoms. The molecule has 1 aliphatic rings. The van der Waals surface area contributed by atoms with Crippen molar-refractivity contribution >= 4 is 23.4 Å². The van der Waals surface area contributed by atoms with Crippen LogP contribution in [0.4, 0.5) is 5.82 Å². The Morgan fingerprint density at radius 3 is 2.63 bits per heavy atom.